The molecule has 0 bridgehead atoms. The molecule has 3 rings (SSSR count). The van der Waals surface area contributed by atoms with E-state index < -0.39 is 0 Å². The van der Waals surface area contributed by atoms with Gasteiger partial charge in [0.05, 0.1) is 24.5 Å². The van der Waals surface area contributed by atoms with Crippen LogP contribution in [0.25, 0.3) is 0 Å². The minimum atomic E-state index is -0.254. The standard InChI is InChI=1S/C17H24ClN3O3/c18-16-15(19-8-13-2-1-7-24-11-13)9-20-21(17(16)23)14-5-3-12(10-22)4-6-14/h9-10,12-14,19H,1-8,11H2/t12-,13?,14-. The van der Waals surface area contributed by atoms with Crippen molar-refractivity contribution in [1.82, 2.24) is 9.78 Å². The van der Waals surface area contributed by atoms with Gasteiger partial charge in [0.15, 0.2) is 0 Å². The van der Waals surface area contributed by atoms with Crippen molar-refractivity contribution < 1.29 is 9.53 Å². The van der Waals surface area contributed by atoms with Crippen LogP contribution < -0.4 is 10.9 Å². The lowest BCUT2D eigenvalue weighted by Crippen LogP contribution is -2.31. The van der Waals surface area contributed by atoms with Gasteiger partial charge in [-0.15, -0.1) is 0 Å². The third-order valence-electron chi connectivity index (χ3n) is 5.06. The smallest absolute Gasteiger partial charge is 0.287 e. The quantitative estimate of drug-likeness (QED) is 0.824. The largest absolute Gasteiger partial charge is 0.382 e. The Balaban J connectivity index is 1.65. The lowest BCUT2D eigenvalue weighted by molar-refractivity contribution is -0.112. The average Bonchev–Trinajstić information content (AvgIpc) is 2.64. The Morgan fingerprint density at radius 2 is 2.12 bits per heavy atom. The molecule has 1 N–H and O–H groups in total. The topological polar surface area (TPSA) is 73.2 Å². The van der Waals surface area contributed by atoms with E-state index in [1.54, 1.807) is 6.20 Å². The summed E-state index contributed by atoms with van der Waals surface area (Å²) in [6, 6.07) is 0.0343. The highest BCUT2D eigenvalue weighted by atomic mass is 35.5. The Kier molecular flexibility index (Phi) is 5.89. The SMILES string of the molecule is O=C[C@H]1CC[C@H](n2ncc(NCC3CCCOC3)c(Cl)c2=O)CC1. The molecular weight excluding hydrogens is 330 g/mol. The van der Waals surface area contributed by atoms with E-state index >= 15 is 0 Å². The number of nitrogens with one attached hydrogen (secondary N) is 1. The first kappa shape index (κ1) is 17.4. The first-order valence-electron chi connectivity index (χ1n) is 8.73. The van der Waals surface area contributed by atoms with Gasteiger partial charge in [0.2, 0.25) is 0 Å². The lowest BCUT2D eigenvalue weighted by Gasteiger charge is -2.26. The maximum Gasteiger partial charge on any atom is 0.287 e. The molecule has 2 aliphatic rings. The number of hydrogen-bond donors (Lipinski definition) is 1. The number of rotatable bonds is 5. The van der Waals surface area contributed by atoms with E-state index in [4.69, 9.17) is 16.3 Å². The van der Waals surface area contributed by atoms with Gasteiger partial charge in [-0.2, -0.15) is 5.10 Å². The highest BCUT2D eigenvalue weighted by Crippen LogP contribution is 2.30. The Bertz CT molecular complexity index is 620. The fraction of sp³-hybridized carbons (Fsp3) is 0.706. The fourth-order valence-electron chi connectivity index (χ4n) is 3.53. The summed E-state index contributed by atoms with van der Waals surface area (Å²) in [5.74, 6) is 0.557. The van der Waals surface area contributed by atoms with Crippen LogP contribution in [0.4, 0.5) is 5.69 Å². The highest BCUT2D eigenvalue weighted by molar-refractivity contribution is 6.32. The number of halogens is 1. The first-order valence-corrected chi connectivity index (χ1v) is 9.11. The van der Waals surface area contributed by atoms with Crippen molar-refractivity contribution in [3.8, 4) is 0 Å². The number of anilines is 1. The predicted molar refractivity (Wildman–Crippen MR) is 92.6 cm³/mol. The van der Waals surface area contributed by atoms with Crippen LogP contribution in [0.1, 0.15) is 44.6 Å². The zero-order valence-corrected chi connectivity index (χ0v) is 14.5. The van der Waals surface area contributed by atoms with Gasteiger partial charge in [-0.1, -0.05) is 11.6 Å². The Hall–Kier alpha value is -1.40. The van der Waals surface area contributed by atoms with Crippen LogP contribution in [0.5, 0.6) is 0 Å². The molecule has 2 heterocycles. The number of carbonyl (C=O) groups excluding carboxylic acids is 1. The van der Waals surface area contributed by atoms with Gasteiger partial charge < -0.3 is 14.8 Å². The molecule has 1 saturated heterocycles. The van der Waals surface area contributed by atoms with Crippen LogP contribution in [0.3, 0.4) is 0 Å². The summed E-state index contributed by atoms with van der Waals surface area (Å²) in [5.41, 5.74) is 0.334. The van der Waals surface area contributed by atoms with E-state index in [0.717, 1.165) is 64.6 Å². The molecular formula is C17H24ClN3O3. The zero-order chi connectivity index (χ0) is 16.9. The predicted octanol–water partition coefficient (Wildman–Crippen LogP) is 2.67. The number of aldehydes is 1. The molecule has 0 aromatic carbocycles. The summed E-state index contributed by atoms with van der Waals surface area (Å²) in [5, 5.41) is 7.74. The number of aromatic nitrogens is 2. The van der Waals surface area contributed by atoms with Crippen molar-refractivity contribution >= 4 is 23.6 Å². The van der Waals surface area contributed by atoms with Gasteiger partial charge in [-0.3, -0.25) is 4.79 Å². The first-order chi connectivity index (χ1) is 11.7. The van der Waals surface area contributed by atoms with Crippen LogP contribution in [0, 0.1) is 11.8 Å². The van der Waals surface area contributed by atoms with Crippen molar-refractivity contribution in [1.29, 1.82) is 0 Å². The number of hydrogen-bond acceptors (Lipinski definition) is 5. The highest BCUT2D eigenvalue weighted by Gasteiger charge is 2.24. The summed E-state index contributed by atoms with van der Waals surface area (Å²) in [7, 11) is 0. The third kappa shape index (κ3) is 3.98. The molecule has 0 amide bonds. The van der Waals surface area contributed by atoms with Gasteiger partial charge in [-0.05, 0) is 44.4 Å². The molecule has 1 saturated carbocycles. The number of nitrogens with zero attached hydrogens (tertiary/aromatic N) is 2. The van der Waals surface area contributed by atoms with Gasteiger partial charge >= 0.3 is 0 Å². The molecule has 6 nitrogen and oxygen atoms in total. The van der Waals surface area contributed by atoms with Gasteiger partial charge in [0.25, 0.3) is 5.56 Å². The van der Waals surface area contributed by atoms with Crippen LogP contribution in [0.2, 0.25) is 5.02 Å². The van der Waals surface area contributed by atoms with E-state index in [1.165, 1.54) is 4.68 Å². The van der Waals surface area contributed by atoms with Crippen LogP contribution in [-0.4, -0.2) is 35.8 Å². The molecule has 1 aromatic heterocycles. The second-order valence-electron chi connectivity index (χ2n) is 6.79. The van der Waals surface area contributed by atoms with Crippen molar-refractivity contribution in [2.24, 2.45) is 11.8 Å². The summed E-state index contributed by atoms with van der Waals surface area (Å²) in [4.78, 5) is 23.4. The van der Waals surface area contributed by atoms with E-state index in [1.807, 2.05) is 0 Å². The molecule has 132 valence electrons. The molecule has 1 aromatic rings. The number of carbonyl (C=O) groups is 1. The third-order valence-corrected chi connectivity index (χ3v) is 5.42. The van der Waals surface area contributed by atoms with Crippen LogP contribution in [0.15, 0.2) is 11.0 Å². The van der Waals surface area contributed by atoms with Gasteiger partial charge in [0.1, 0.15) is 11.3 Å². The summed E-state index contributed by atoms with van der Waals surface area (Å²) in [6.07, 6.45) is 8.04. The van der Waals surface area contributed by atoms with Crippen LogP contribution in [-0.2, 0) is 9.53 Å². The van der Waals surface area contributed by atoms with Crippen molar-refractivity contribution in [3.05, 3.63) is 21.6 Å². The minimum absolute atomic E-state index is 0.0343. The number of ether oxygens (including phenoxy) is 1. The molecule has 0 spiro atoms. The van der Waals surface area contributed by atoms with Crippen molar-refractivity contribution in [3.63, 3.8) is 0 Å². The minimum Gasteiger partial charge on any atom is -0.382 e. The van der Waals surface area contributed by atoms with Crippen molar-refractivity contribution in [2.45, 2.75) is 44.6 Å². The van der Waals surface area contributed by atoms with Gasteiger partial charge in [0, 0.05) is 19.1 Å². The van der Waals surface area contributed by atoms with E-state index in [2.05, 4.69) is 10.4 Å². The second kappa shape index (κ2) is 8.12. The zero-order valence-electron chi connectivity index (χ0n) is 13.7. The molecule has 7 heteroatoms. The van der Waals surface area contributed by atoms with E-state index in [-0.39, 0.29) is 22.5 Å². The molecule has 1 aliphatic heterocycles. The van der Waals surface area contributed by atoms with Gasteiger partial charge in [-0.25, -0.2) is 4.68 Å². The monoisotopic (exact) mass is 353 g/mol. The maximum absolute atomic E-state index is 12.5. The molecule has 1 unspecified atom stereocenters. The Labute approximate surface area is 146 Å². The second-order valence-corrected chi connectivity index (χ2v) is 7.17. The molecule has 1 atom stereocenters. The summed E-state index contributed by atoms with van der Waals surface area (Å²) >= 11 is 6.27. The normalized spacial score (nSPS) is 27.6. The molecule has 2 fully saturated rings. The Morgan fingerprint density at radius 1 is 1.33 bits per heavy atom. The molecule has 1 aliphatic carbocycles. The lowest BCUT2D eigenvalue weighted by atomic mass is 9.87. The molecule has 0 radical (unpaired) electrons. The fourth-order valence-corrected chi connectivity index (χ4v) is 3.74. The molecule has 24 heavy (non-hydrogen) atoms. The maximum atomic E-state index is 12.5. The Morgan fingerprint density at radius 3 is 2.79 bits per heavy atom. The average molecular weight is 354 g/mol. The summed E-state index contributed by atoms with van der Waals surface area (Å²) < 4.78 is 6.95. The van der Waals surface area contributed by atoms with Crippen molar-refractivity contribution in [2.75, 3.05) is 25.1 Å². The van der Waals surface area contributed by atoms with E-state index in [0.29, 0.717) is 11.6 Å². The van der Waals surface area contributed by atoms with E-state index in [9.17, 15) is 9.59 Å². The van der Waals surface area contributed by atoms with Crippen LogP contribution >= 0.6 is 11.6 Å². The summed E-state index contributed by atoms with van der Waals surface area (Å²) in [6.45, 7) is 2.31.